The molecule has 0 saturated heterocycles. The van der Waals surface area contributed by atoms with Crippen LogP contribution >= 0.6 is 0 Å². The van der Waals surface area contributed by atoms with Crippen LogP contribution in [0.15, 0.2) is 12.1 Å². The molecule has 0 aromatic carbocycles. The third-order valence-electron chi connectivity index (χ3n) is 5.45. The molecule has 0 atom stereocenters. The van der Waals surface area contributed by atoms with E-state index in [0.29, 0.717) is 22.7 Å². The predicted molar refractivity (Wildman–Crippen MR) is 77.7 cm³/mol. The molecule has 1 fully saturated rings. The highest BCUT2D eigenvalue weighted by molar-refractivity contribution is 5.74. The van der Waals surface area contributed by atoms with Gasteiger partial charge in [-0.25, -0.2) is 9.97 Å². The average Bonchev–Trinajstić information content (AvgIpc) is 2.58. The lowest BCUT2D eigenvalue weighted by molar-refractivity contribution is 0.457. The van der Waals surface area contributed by atoms with E-state index >= 15 is 0 Å². The molecule has 2 N–H and O–H groups in total. The van der Waals surface area contributed by atoms with Crippen LogP contribution in [0.3, 0.4) is 0 Å². The first-order chi connectivity index (χ1) is 8.75. The summed E-state index contributed by atoms with van der Waals surface area (Å²) in [5.41, 5.74) is 9.57. The smallest absolute Gasteiger partial charge is 0.202 e. The van der Waals surface area contributed by atoms with E-state index < -0.39 is 0 Å². The Morgan fingerprint density at radius 2 is 1.79 bits per heavy atom. The van der Waals surface area contributed by atoms with Gasteiger partial charge < -0.3 is 5.73 Å². The normalized spacial score (nSPS) is 20.9. The van der Waals surface area contributed by atoms with Crippen LogP contribution in [0.1, 0.15) is 33.4 Å². The van der Waals surface area contributed by atoms with Crippen molar-refractivity contribution < 1.29 is 0 Å². The number of hydrogen-bond donors (Lipinski definition) is 1. The van der Waals surface area contributed by atoms with Crippen LogP contribution < -0.4 is 5.73 Å². The third-order valence-corrected chi connectivity index (χ3v) is 5.45. The topological polar surface area (TPSA) is 56.7 Å². The summed E-state index contributed by atoms with van der Waals surface area (Å²) in [5.74, 6) is 1.19. The Balaban J connectivity index is 2.02. The highest BCUT2D eigenvalue weighted by Gasteiger charge is 2.64. The minimum Gasteiger partial charge on any atom is -0.369 e. The molecule has 2 aromatic heterocycles. The van der Waals surface area contributed by atoms with Gasteiger partial charge in [0.1, 0.15) is 5.52 Å². The summed E-state index contributed by atoms with van der Waals surface area (Å²) in [5, 5.41) is 0. The van der Waals surface area contributed by atoms with E-state index in [0.717, 1.165) is 23.4 Å². The van der Waals surface area contributed by atoms with Gasteiger partial charge in [-0.1, -0.05) is 27.7 Å². The van der Waals surface area contributed by atoms with Crippen molar-refractivity contribution in [2.75, 3.05) is 5.73 Å². The van der Waals surface area contributed by atoms with Crippen molar-refractivity contribution in [2.45, 2.75) is 41.2 Å². The van der Waals surface area contributed by atoms with Gasteiger partial charge in [-0.15, -0.1) is 0 Å². The second-order valence-electron chi connectivity index (χ2n) is 6.87. The van der Waals surface area contributed by atoms with E-state index in [1.54, 1.807) is 0 Å². The van der Waals surface area contributed by atoms with Gasteiger partial charge in [0.25, 0.3) is 0 Å². The van der Waals surface area contributed by atoms with Crippen molar-refractivity contribution in [1.82, 2.24) is 14.5 Å². The highest BCUT2D eigenvalue weighted by atomic mass is 15.2. The lowest BCUT2D eigenvalue weighted by Gasteiger charge is -2.07. The minimum absolute atomic E-state index is 0.347. The molecule has 1 aliphatic rings. The Morgan fingerprint density at radius 1 is 1.16 bits per heavy atom. The van der Waals surface area contributed by atoms with E-state index in [9.17, 15) is 0 Å². The number of hydrogen-bond acceptors (Lipinski definition) is 3. The van der Waals surface area contributed by atoms with Crippen molar-refractivity contribution in [3.63, 3.8) is 0 Å². The molecule has 19 heavy (non-hydrogen) atoms. The highest BCUT2D eigenvalue weighted by Crippen LogP contribution is 2.69. The van der Waals surface area contributed by atoms with E-state index in [1.165, 1.54) is 0 Å². The molecule has 2 aromatic rings. The van der Waals surface area contributed by atoms with Gasteiger partial charge in [-0.2, -0.15) is 0 Å². The molecule has 0 amide bonds. The number of fused-ring (bicyclic) bond motifs is 1. The van der Waals surface area contributed by atoms with Crippen LogP contribution in [0.2, 0.25) is 0 Å². The van der Waals surface area contributed by atoms with Gasteiger partial charge in [0.05, 0.1) is 0 Å². The summed E-state index contributed by atoms with van der Waals surface area (Å²) in [6.45, 7) is 12.2. The van der Waals surface area contributed by atoms with Crippen LogP contribution in [0.25, 0.3) is 11.2 Å². The summed E-state index contributed by atoms with van der Waals surface area (Å²) in [7, 11) is 0. The predicted octanol–water partition coefficient (Wildman–Crippen LogP) is 3.00. The van der Waals surface area contributed by atoms with Gasteiger partial charge in [0.15, 0.2) is 5.65 Å². The lowest BCUT2D eigenvalue weighted by Crippen LogP contribution is -2.08. The number of nitrogen functional groups attached to an aromatic ring is 1. The van der Waals surface area contributed by atoms with Crippen molar-refractivity contribution >= 4 is 17.1 Å². The number of nitrogens with zero attached hydrogens (tertiary/aromatic N) is 3. The van der Waals surface area contributed by atoms with Crippen molar-refractivity contribution in [3.8, 4) is 0 Å². The molecule has 2 heterocycles. The summed E-state index contributed by atoms with van der Waals surface area (Å²) >= 11 is 0. The molecular formula is C15H22N4. The van der Waals surface area contributed by atoms with Gasteiger partial charge in [0, 0.05) is 12.2 Å². The SMILES string of the molecule is Cc1ccc2nc(N)n(CC3C(C)(C)C3(C)C)c2n1. The Kier molecular flexibility index (Phi) is 2.29. The molecule has 0 aliphatic heterocycles. The van der Waals surface area contributed by atoms with Crippen LogP contribution in [-0.2, 0) is 6.54 Å². The molecule has 1 aliphatic carbocycles. The van der Waals surface area contributed by atoms with E-state index in [1.807, 2.05) is 19.1 Å². The van der Waals surface area contributed by atoms with E-state index in [4.69, 9.17) is 5.73 Å². The number of imidazole rings is 1. The summed E-state index contributed by atoms with van der Waals surface area (Å²) in [4.78, 5) is 9.00. The quantitative estimate of drug-likeness (QED) is 0.901. The fourth-order valence-corrected chi connectivity index (χ4v) is 3.27. The first kappa shape index (κ1) is 12.5. The number of nitrogens with two attached hydrogens (primary N) is 1. The molecule has 0 bridgehead atoms. The fraction of sp³-hybridized carbons (Fsp3) is 0.600. The Bertz CT molecular complexity index is 637. The Hall–Kier alpha value is -1.58. The number of rotatable bonds is 2. The van der Waals surface area contributed by atoms with Crippen LogP contribution in [-0.4, -0.2) is 14.5 Å². The minimum atomic E-state index is 0.347. The van der Waals surface area contributed by atoms with Crippen LogP contribution in [0.4, 0.5) is 5.95 Å². The van der Waals surface area contributed by atoms with Gasteiger partial charge >= 0.3 is 0 Å². The molecule has 0 spiro atoms. The molecular weight excluding hydrogens is 236 g/mol. The second kappa shape index (κ2) is 3.50. The van der Waals surface area contributed by atoms with E-state index in [-0.39, 0.29) is 0 Å². The maximum atomic E-state index is 6.07. The van der Waals surface area contributed by atoms with Crippen LogP contribution in [0.5, 0.6) is 0 Å². The number of pyridine rings is 1. The van der Waals surface area contributed by atoms with Gasteiger partial charge in [-0.3, -0.25) is 4.57 Å². The monoisotopic (exact) mass is 258 g/mol. The maximum Gasteiger partial charge on any atom is 0.202 e. The molecule has 3 rings (SSSR count). The lowest BCUT2D eigenvalue weighted by atomic mass is 10.0. The molecule has 0 unspecified atom stereocenters. The number of anilines is 1. The van der Waals surface area contributed by atoms with Crippen molar-refractivity contribution in [3.05, 3.63) is 17.8 Å². The zero-order valence-electron chi connectivity index (χ0n) is 12.4. The standard InChI is InChI=1S/C15H22N4/c1-9-6-7-10-12(17-9)19(13(16)18-10)8-11-14(2,3)15(11,4)5/h6-7,11H,8H2,1-5H3,(H2,16,18). The average molecular weight is 258 g/mol. The number of aryl methyl sites for hydroxylation is 1. The maximum absolute atomic E-state index is 6.07. The zero-order valence-corrected chi connectivity index (χ0v) is 12.4. The van der Waals surface area contributed by atoms with Crippen molar-refractivity contribution in [2.24, 2.45) is 16.7 Å². The van der Waals surface area contributed by atoms with Gasteiger partial charge in [-0.05, 0) is 35.8 Å². The molecule has 4 heteroatoms. The first-order valence-electron chi connectivity index (χ1n) is 6.84. The molecule has 4 nitrogen and oxygen atoms in total. The number of aromatic nitrogens is 3. The summed E-state index contributed by atoms with van der Waals surface area (Å²) in [6.07, 6.45) is 0. The first-order valence-corrected chi connectivity index (χ1v) is 6.84. The third kappa shape index (κ3) is 1.58. The molecule has 102 valence electrons. The molecule has 1 saturated carbocycles. The fourth-order valence-electron chi connectivity index (χ4n) is 3.27. The van der Waals surface area contributed by atoms with Gasteiger partial charge in [0.2, 0.25) is 5.95 Å². The Morgan fingerprint density at radius 3 is 2.37 bits per heavy atom. The van der Waals surface area contributed by atoms with Crippen molar-refractivity contribution in [1.29, 1.82) is 0 Å². The van der Waals surface area contributed by atoms with E-state index in [2.05, 4.69) is 42.2 Å². The largest absolute Gasteiger partial charge is 0.369 e. The molecule has 0 radical (unpaired) electrons. The second-order valence-corrected chi connectivity index (χ2v) is 6.87. The summed E-state index contributed by atoms with van der Waals surface area (Å²) < 4.78 is 2.07. The van der Waals surface area contributed by atoms with Crippen LogP contribution in [0, 0.1) is 23.7 Å². The zero-order chi connectivity index (χ0) is 14.0. The summed E-state index contributed by atoms with van der Waals surface area (Å²) in [6, 6.07) is 3.97. The Labute approximate surface area is 114 Å².